The maximum Gasteiger partial charge on any atom is 0.0185 e. The van der Waals surface area contributed by atoms with Crippen molar-refractivity contribution < 1.29 is 0 Å². The van der Waals surface area contributed by atoms with E-state index in [2.05, 4.69) is 57.0 Å². The third-order valence-electron chi connectivity index (χ3n) is 1.28. The van der Waals surface area contributed by atoms with Crippen LogP contribution in [0.4, 0.5) is 0 Å². The van der Waals surface area contributed by atoms with Crippen LogP contribution in [-0.2, 0) is 0 Å². The van der Waals surface area contributed by atoms with Gasteiger partial charge >= 0.3 is 0 Å². The van der Waals surface area contributed by atoms with E-state index in [1.165, 1.54) is 5.57 Å². The molecule has 0 N–H and O–H groups in total. The lowest BCUT2D eigenvalue weighted by Crippen LogP contribution is -1.69. The molecule has 0 aliphatic heterocycles. The number of halogens is 2. The van der Waals surface area contributed by atoms with Crippen molar-refractivity contribution in [1.82, 2.24) is 0 Å². The summed E-state index contributed by atoms with van der Waals surface area (Å²) in [5.41, 5.74) is 1.37. The van der Waals surface area contributed by atoms with Gasteiger partial charge in [0.2, 0.25) is 0 Å². The minimum Gasteiger partial charge on any atom is -0.0684 e. The van der Waals surface area contributed by atoms with Crippen LogP contribution in [0.3, 0.4) is 0 Å². The highest BCUT2D eigenvalue weighted by atomic mass is 79.9. The molecule has 0 saturated carbocycles. The van der Waals surface area contributed by atoms with Crippen molar-refractivity contribution >= 4 is 31.9 Å². The van der Waals surface area contributed by atoms with E-state index in [4.69, 9.17) is 0 Å². The first-order valence-corrected chi connectivity index (χ1v) is 4.67. The molecular formula is C8H8Br2. The molecule has 10 heavy (non-hydrogen) atoms. The fourth-order valence-electron chi connectivity index (χ4n) is 0.785. The van der Waals surface area contributed by atoms with Gasteiger partial charge in [-0.3, -0.25) is 0 Å². The largest absolute Gasteiger partial charge is 0.0684 e. The Hall–Kier alpha value is 0.180. The van der Waals surface area contributed by atoms with E-state index >= 15 is 0 Å². The normalized spacial score (nSPS) is 18.9. The van der Waals surface area contributed by atoms with Gasteiger partial charge in [-0.1, -0.05) is 43.5 Å². The highest BCUT2D eigenvalue weighted by molar-refractivity contribution is 9.12. The average molecular weight is 264 g/mol. The van der Waals surface area contributed by atoms with Crippen LogP contribution in [0.2, 0.25) is 0 Å². The summed E-state index contributed by atoms with van der Waals surface area (Å²) >= 11 is 6.86. The van der Waals surface area contributed by atoms with Gasteiger partial charge in [-0.05, 0) is 25.5 Å². The van der Waals surface area contributed by atoms with Crippen molar-refractivity contribution in [3.05, 3.63) is 32.8 Å². The molecule has 1 rings (SSSR count). The maximum atomic E-state index is 3.43. The first kappa shape index (κ1) is 8.28. The summed E-state index contributed by atoms with van der Waals surface area (Å²) in [6, 6.07) is 0. The summed E-state index contributed by atoms with van der Waals surface area (Å²) in [6.45, 7) is 2.12. The second kappa shape index (κ2) is 3.54. The zero-order valence-electron chi connectivity index (χ0n) is 5.70. The molecule has 0 atom stereocenters. The van der Waals surface area contributed by atoms with Gasteiger partial charge in [-0.15, -0.1) is 0 Å². The van der Waals surface area contributed by atoms with E-state index in [9.17, 15) is 0 Å². The molecule has 0 fully saturated rings. The van der Waals surface area contributed by atoms with Gasteiger partial charge < -0.3 is 0 Å². The molecule has 2 heteroatoms. The molecule has 54 valence electrons. The smallest absolute Gasteiger partial charge is 0.0185 e. The first-order chi connectivity index (χ1) is 4.68. The van der Waals surface area contributed by atoms with Crippen molar-refractivity contribution in [2.24, 2.45) is 0 Å². The predicted octanol–water partition coefficient (Wildman–Crippen LogP) is 3.89. The minimum absolute atomic E-state index is 1.03. The van der Waals surface area contributed by atoms with E-state index < -0.39 is 0 Å². The third-order valence-corrected chi connectivity index (χ3v) is 2.29. The Balaban J connectivity index is 2.90. The third kappa shape index (κ3) is 2.43. The maximum absolute atomic E-state index is 3.43. The van der Waals surface area contributed by atoms with Crippen LogP contribution < -0.4 is 0 Å². The Morgan fingerprint density at radius 1 is 1.20 bits per heavy atom. The van der Waals surface area contributed by atoms with Crippen LogP contribution in [0, 0.1) is 0 Å². The van der Waals surface area contributed by atoms with Crippen LogP contribution in [0.25, 0.3) is 0 Å². The number of allylic oxidation sites excluding steroid dienone is 6. The Morgan fingerprint density at radius 3 is 2.60 bits per heavy atom. The van der Waals surface area contributed by atoms with E-state index in [-0.39, 0.29) is 0 Å². The van der Waals surface area contributed by atoms with E-state index in [0.717, 1.165) is 15.4 Å². The molecular weight excluding hydrogens is 256 g/mol. The number of hydrogen-bond donors (Lipinski definition) is 0. The zero-order chi connectivity index (χ0) is 7.56. The van der Waals surface area contributed by atoms with Crippen molar-refractivity contribution in [3.63, 3.8) is 0 Å². The molecule has 0 aromatic rings. The second-order valence-corrected chi connectivity index (χ2v) is 4.14. The second-order valence-electron chi connectivity index (χ2n) is 2.31. The van der Waals surface area contributed by atoms with Crippen LogP contribution in [-0.4, -0.2) is 0 Å². The average Bonchev–Trinajstić information content (AvgIpc) is 1.93. The van der Waals surface area contributed by atoms with Gasteiger partial charge in [0, 0.05) is 8.96 Å². The lowest BCUT2D eigenvalue weighted by atomic mass is 10.2. The SMILES string of the molecule is CC1=CC(Br)=CC(Br)=CC1. The Morgan fingerprint density at radius 2 is 1.90 bits per heavy atom. The summed E-state index contributed by atoms with van der Waals surface area (Å²) in [5, 5.41) is 0. The Bertz CT molecular complexity index is 221. The summed E-state index contributed by atoms with van der Waals surface area (Å²) in [5.74, 6) is 0. The summed E-state index contributed by atoms with van der Waals surface area (Å²) < 4.78 is 2.28. The quantitative estimate of drug-likeness (QED) is 0.622. The van der Waals surface area contributed by atoms with Crippen molar-refractivity contribution in [2.45, 2.75) is 13.3 Å². The molecule has 0 aromatic heterocycles. The van der Waals surface area contributed by atoms with Crippen LogP contribution in [0.1, 0.15) is 13.3 Å². The Labute approximate surface area is 78.0 Å². The molecule has 0 amide bonds. The summed E-state index contributed by atoms with van der Waals surface area (Å²) in [4.78, 5) is 0. The number of rotatable bonds is 0. The highest BCUT2D eigenvalue weighted by Gasteiger charge is 1.96. The molecule has 0 spiro atoms. The molecule has 0 unspecified atom stereocenters. The molecule has 0 saturated heterocycles. The molecule has 0 bridgehead atoms. The lowest BCUT2D eigenvalue weighted by molar-refractivity contribution is 1.22. The van der Waals surface area contributed by atoms with Gasteiger partial charge in [0.25, 0.3) is 0 Å². The number of hydrogen-bond acceptors (Lipinski definition) is 0. The van der Waals surface area contributed by atoms with E-state index in [1.807, 2.05) is 0 Å². The molecule has 0 radical (unpaired) electrons. The molecule has 1 aliphatic carbocycles. The monoisotopic (exact) mass is 262 g/mol. The van der Waals surface area contributed by atoms with Crippen LogP contribution in [0.5, 0.6) is 0 Å². The molecule has 1 aliphatic rings. The van der Waals surface area contributed by atoms with Gasteiger partial charge in [0.1, 0.15) is 0 Å². The van der Waals surface area contributed by atoms with Gasteiger partial charge in [0.15, 0.2) is 0 Å². The van der Waals surface area contributed by atoms with Crippen molar-refractivity contribution in [1.29, 1.82) is 0 Å². The van der Waals surface area contributed by atoms with Crippen molar-refractivity contribution in [2.75, 3.05) is 0 Å². The van der Waals surface area contributed by atoms with Crippen molar-refractivity contribution in [3.8, 4) is 0 Å². The van der Waals surface area contributed by atoms with Gasteiger partial charge in [0.05, 0.1) is 0 Å². The van der Waals surface area contributed by atoms with Crippen LogP contribution in [0.15, 0.2) is 32.8 Å². The van der Waals surface area contributed by atoms with E-state index in [1.54, 1.807) is 0 Å². The molecule has 0 aromatic carbocycles. The zero-order valence-corrected chi connectivity index (χ0v) is 8.87. The molecule has 0 heterocycles. The first-order valence-electron chi connectivity index (χ1n) is 3.08. The van der Waals surface area contributed by atoms with Crippen LogP contribution >= 0.6 is 31.9 Å². The summed E-state index contributed by atoms with van der Waals surface area (Å²) in [6.07, 6.45) is 7.37. The molecule has 0 nitrogen and oxygen atoms in total. The Kier molecular flexibility index (Phi) is 2.93. The van der Waals surface area contributed by atoms with E-state index in [0.29, 0.717) is 0 Å². The van der Waals surface area contributed by atoms with Gasteiger partial charge in [-0.2, -0.15) is 0 Å². The fourth-order valence-corrected chi connectivity index (χ4v) is 2.14. The fraction of sp³-hybridized carbons (Fsp3) is 0.250. The topological polar surface area (TPSA) is 0 Å². The summed E-state index contributed by atoms with van der Waals surface area (Å²) in [7, 11) is 0. The predicted molar refractivity (Wildman–Crippen MR) is 52.4 cm³/mol. The highest BCUT2D eigenvalue weighted by Crippen LogP contribution is 2.22. The lowest BCUT2D eigenvalue weighted by Gasteiger charge is -1.89. The minimum atomic E-state index is 1.03. The van der Waals surface area contributed by atoms with Gasteiger partial charge in [-0.25, -0.2) is 0 Å². The standard InChI is InChI=1S/C8H8Br2/c1-6-2-3-7(9)5-8(10)4-6/h3-5H,2H2,1H3.